The van der Waals surface area contributed by atoms with Gasteiger partial charge in [0.05, 0.1) is 6.61 Å². The van der Waals surface area contributed by atoms with Gasteiger partial charge in [-0.3, -0.25) is 0 Å². The van der Waals surface area contributed by atoms with Crippen LogP contribution in [0, 0.1) is 0 Å². The fourth-order valence-corrected chi connectivity index (χ4v) is 2.27. The fraction of sp³-hybridized carbons (Fsp3) is 0.294. The molecule has 1 N–H and O–H groups in total. The number of nitrogens with one attached hydrogen (secondary N) is 1. The molecule has 2 aromatic carbocycles. The average Bonchev–Trinajstić information content (AvgIpc) is 2.52. The maximum atomic E-state index is 5.64. The Balaban J connectivity index is 1.92. The van der Waals surface area contributed by atoms with Crippen LogP contribution >= 0.6 is 11.8 Å². The number of hydrogen-bond acceptors (Lipinski definition) is 3. The van der Waals surface area contributed by atoms with E-state index in [4.69, 9.17) is 4.74 Å². The third-order valence-corrected chi connectivity index (χ3v) is 3.71. The number of rotatable bonds is 7. The number of hydrogen-bond donors (Lipinski definition) is 1. The first-order valence-corrected chi connectivity index (χ1v) is 8.14. The SMILES string of the molecule is CCCOc1cccc(NCc2ccc(SC)cc2)c1. The van der Waals surface area contributed by atoms with Crippen LogP contribution in [0.15, 0.2) is 53.4 Å². The molecule has 0 saturated carbocycles. The first kappa shape index (κ1) is 14.8. The molecule has 0 spiro atoms. The van der Waals surface area contributed by atoms with Crippen molar-refractivity contribution in [1.82, 2.24) is 0 Å². The van der Waals surface area contributed by atoms with Gasteiger partial charge in [0, 0.05) is 23.2 Å². The van der Waals surface area contributed by atoms with Gasteiger partial charge >= 0.3 is 0 Å². The van der Waals surface area contributed by atoms with Crippen LogP contribution in [0.5, 0.6) is 5.75 Å². The molecule has 0 atom stereocenters. The van der Waals surface area contributed by atoms with Crippen molar-refractivity contribution in [3.05, 3.63) is 54.1 Å². The van der Waals surface area contributed by atoms with E-state index in [1.54, 1.807) is 11.8 Å². The van der Waals surface area contributed by atoms with Crippen molar-refractivity contribution < 1.29 is 4.74 Å². The Bertz CT molecular complexity index is 525. The van der Waals surface area contributed by atoms with Gasteiger partial charge < -0.3 is 10.1 Å². The average molecular weight is 287 g/mol. The van der Waals surface area contributed by atoms with Gasteiger partial charge in [-0.1, -0.05) is 25.1 Å². The van der Waals surface area contributed by atoms with E-state index in [0.29, 0.717) is 0 Å². The summed E-state index contributed by atoms with van der Waals surface area (Å²) in [4.78, 5) is 1.30. The molecule has 106 valence electrons. The smallest absolute Gasteiger partial charge is 0.121 e. The van der Waals surface area contributed by atoms with Crippen LogP contribution in [-0.4, -0.2) is 12.9 Å². The number of anilines is 1. The van der Waals surface area contributed by atoms with E-state index in [9.17, 15) is 0 Å². The second kappa shape index (κ2) is 7.85. The van der Waals surface area contributed by atoms with Crippen LogP contribution in [0.1, 0.15) is 18.9 Å². The van der Waals surface area contributed by atoms with Crippen molar-refractivity contribution >= 4 is 17.4 Å². The van der Waals surface area contributed by atoms with Crippen LogP contribution in [0.4, 0.5) is 5.69 Å². The van der Waals surface area contributed by atoms with Gasteiger partial charge in [-0.25, -0.2) is 0 Å². The van der Waals surface area contributed by atoms with Crippen molar-refractivity contribution in [2.24, 2.45) is 0 Å². The van der Waals surface area contributed by atoms with Gasteiger partial charge in [0.2, 0.25) is 0 Å². The Morgan fingerprint density at radius 3 is 2.60 bits per heavy atom. The molecule has 0 bridgehead atoms. The van der Waals surface area contributed by atoms with Crippen molar-refractivity contribution in [3.8, 4) is 5.75 Å². The molecule has 2 rings (SSSR count). The molecule has 0 fully saturated rings. The van der Waals surface area contributed by atoms with E-state index in [1.165, 1.54) is 10.5 Å². The molecule has 0 radical (unpaired) electrons. The summed E-state index contributed by atoms with van der Waals surface area (Å²) in [6.45, 7) is 3.70. The van der Waals surface area contributed by atoms with E-state index in [1.807, 2.05) is 18.2 Å². The molecule has 0 aliphatic heterocycles. The molecule has 0 unspecified atom stereocenters. The molecular formula is C17H21NOS. The maximum Gasteiger partial charge on any atom is 0.121 e. The predicted octanol–water partition coefficient (Wildman–Crippen LogP) is 4.81. The first-order valence-electron chi connectivity index (χ1n) is 6.91. The van der Waals surface area contributed by atoms with Gasteiger partial charge in [0.15, 0.2) is 0 Å². The van der Waals surface area contributed by atoms with Gasteiger partial charge in [0.25, 0.3) is 0 Å². The fourth-order valence-electron chi connectivity index (χ4n) is 1.86. The van der Waals surface area contributed by atoms with Gasteiger partial charge in [0.1, 0.15) is 5.75 Å². The summed E-state index contributed by atoms with van der Waals surface area (Å²) >= 11 is 1.76. The topological polar surface area (TPSA) is 21.3 Å². The Labute approximate surface area is 125 Å². The van der Waals surface area contributed by atoms with Crippen molar-refractivity contribution in [2.75, 3.05) is 18.2 Å². The summed E-state index contributed by atoms with van der Waals surface area (Å²) in [6, 6.07) is 16.8. The molecule has 0 aromatic heterocycles. The lowest BCUT2D eigenvalue weighted by Crippen LogP contribution is -2.00. The largest absolute Gasteiger partial charge is 0.494 e. The van der Waals surface area contributed by atoms with E-state index < -0.39 is 0 Å². The Morgan fingerprint density at radius 1 is 1.10 bits per heavy atom. The molecular weight excluding hydrogens is 266 g/mol. The summed E-state index contributed by atoms with van der Waals surface area (Å²) in [5, 5.41) is 3.43. The highest BCUT2D eigenvalue weighted by atomic mass is 32.2. The van der Waals surface area contributed by atoms with Crippen LogP contribution in [0.3, 0.4) is 0 Å². The summed E-state index contributed by atoms with van der Waals surface area (Å²) in [7, 11) is 0. The van der Waals surface area contributed by atoms with Crippen LogP contribution in [0.25, 0.3) is 0 Å². The van der Waals surface area contributed by atoms with E-state index in [0.717, 1.165) is 31.0 Å². The summed E-state index contributed by atoms with van der Waals surface area (Å²) in [6.07, 6.45) is 3.12. The number of benzene rings is 2. The third kappa shape index (κ3) is 4.49. The molecule has 3 heteroatoms. The van der Waals surface area contributed by atoms with Crippen molar-refractivity contribution in [3.63, 3.8) is 0 Å². The molecule has 0 heterocycles. The van der Waals surface area contributed by atoms with Crippen molar-refractivity contribution in [2.45, 2.75) is 24.8 Å². The highest BCUT2D eigenvalue weighted by molar-refractivity contribution is 7.98. The quantitative estimate of drug-likeness (QED) is 0.738. The highest BCUT2D eigenvalue weighted by Gasteiger charge is 1.98. The van der Waals surface area contributed by atoms with Crippen molar-refractivity contribution in [1.29, 1.82) is 0 Å². The number of ether oxygens (including phenoxy) is 1. The number of thioether (sulfide) groups is 1. The third-order valence-electron chi connectivity index (χ3n) is 2.96. The molecule has 0 amide bonds. The Morgan fingerprint density at radius 2 is 1.90 bits per heavy atom. The lowest BCUT2D eigenvalue weighted by Gasteiger charge is -2.09. The lowest BCUT2D eigenvalue weighted by molar-refractivity contribution is 0.317. The normalized spacial score (nSPS) is 10.3. The standard InChI is InChI=1S/C17H21NOS/c1-3-11-19-16-6-4-5-15(12-16)18-13-14-7-9-17(20-2)10-8-14/h4-10,12,18H,3,11,13H2,1-2H3. The monoisotopic (exact) mass is 287 g/mol. The van der Waals surface area contributed by atoms with Gasteiger partial charge in [-0.15, -0.1) is 11.8 Å². The molecule has 0 aliphatic carbocycles. The lowest BCUT2D eigenvalue weighted by atomic mass is 10.2. The summed E-state index contributed by atoms with van der Waals surface area (Å²) in [5.41, 5.74) is 2.37. The highest BCUT2D eigenvalue weighted by Crippen LogP contribution is 2.19. The van der Waals surface area contributed by atoms with Gasteiger partial charge in [-0.2, -0.15) is 0 Å². The molecule has 20 heavy (non-hydrogen) atoms. The minimum absolute atomic E-state index is 0.763. The predicted molar refractivity (Wildman–Crippen MR) is 87.8 cm³/mol. The molecule has 0 saturated heterocycles. The van der Waals surface area contributed by atoms with Crippen LogP contribution in [-0.2, 0) is 6.54 Å². The van der Waals surface area contributed by atoms with Gasteiger partial charge in [-0.05, 0) is 42.5 Å². The second-order valence-corrected chi connectivity index (χ2v) is 5.46. The molecule has 2 nitrogen and oxygen atoms in total. The minimum Gasteiger partial charge on any atom is -0.494 e. The Hall–Kier alpha value is -1.61. The zero-order chi connectivity index (χ0) is 14.2. The van der Waals surface area contributed by atoms with E-state index in [-0.39, 0.29) is 0 Å². The van der Waals surface area contributed by atoms with Crippen LogP contribution in [0.2, 0.25) is 0 Å². The van der Waals surface area contributed by atoms with Crippen LogP contribution < -0.4 is 10.1 Å². The zero-order valence-corrected chi connectivity index (χ0v) is 12.9. The molecule has 2 aromatic rings. The second-order valence-electron chi connectivity index (χ2n) is 4.58. The molecule has 0 aliphatic rings. The zero-order valence-electron chi connectivity index (χ0n) is 12.1. The summed E-state index contributed by atoms with van der Waals surface area (Å²) in [5.74, 6) is 0.926. The van der Waals surface area contributed by atoms with E-state index >= 15 is 0 Å². The van der Waals surface area contributed by atoms with E-state index in [2.05, 4.69) is 48.8 Å². The minimum atomic E-state index is 0.763. The first-order chi connectivity index (χ1) is 9.81. The summed E-state index contributed by atoms with van der Waals surface area (Å²) < 4.78 is 5.64. The maximum absolute atomic E-state index is 5.64. The Kier molecular flexibility index (Phi) is 5.81.